The Morgan fingerprint density at radius 2 is 1.74 bits per heavy atom. The van der Waals surface area contributed by atoms with Gasteiger partial charge in [-0.15, -0.1) is 0 Å². The first kappa shape index (κ1) is 25.2. The molecule has 2 saturated heterocycles. The number of benzene rings is 2. The van der Waals surface area contributed by atoms with E-state index in [0.717, 1.165) is 12.0 Å². The van der Waals surface area contributed by atoms with Crippen molar-refractivity contribution < 1.29 is 19.1 Å². The second kappa shape index (κ2) is 10.4. The van der Waals surface area contributed by atoms with Crippen LogP contribution in [0.2, 0.25) is 5.02 Å². The quantitative estimate of drug-likeness (QED) is 0.676. The molecule has 2 aliphatic heterocycles. The molecule has 0 bridgehead atoms. The van der Waals surface area contributed by atoms with Gasteiger partial charge in [0, 0.05) is 48.1 Å². The van der Waals surface area contributed by atoms with Crippen molar-refractivity contribution in [2.45, 2.75) is 57.8 Å². The number of rotatable bonds is 5. The molecule has 2 heterocycles. The van der Waals surface area contributed by atoms with Crippen molar-refractivity contribution in [3.63, 3.8) is 0 Å². The minimum Gasteiger partial charge on any atom is -0.353 e. The van der Waals surface area contributed by atoms with Gasteiger partial charge in [0.1, 0.15) is 11.8 Å². The summed E-state index contributed by atoms with van der Waals surface area (Å²) in [6.07, 6.45) is 1.64. The molecule has 2 aromatic carbocycles. The predicted molar refractivity (Wildman–Crippen MR) is 134 cm³/mol. The van der Waals surface area contributed by atoms with E-state index >= 15 is 0 Å². The molecular weight excluding hydrogens is 466 g/mol. The van der Waals surface area contributed by atoms with E-state index in [2.05, 4.69) is 5.32 Å². The molecule has 2 aromatic rings. The van der Waals surface area contributed by atoms with Gasteiger partial charge in [-0.2, -0.15) is 0 Å². The summed E-state index contributed by atoms with van der Waals surface area (Å²) in [7, 11) is 0. The molecule has 1 N–H and O–H groups in total. The van der Waals surface area contributed by atoms with Gasteiger partial charge in [-0.05, 0) is 56.2 Å². The van der Waals surface area contributed by atoms with Gasteiger partial charge >= 0.3 is 0 Å². The lowest BCUT2D eigenvalue weighted by Crippen LogP contribution is -2.60. The third kappa shape index (κ3) is 5.07. The van der Waals surface area contributed by atoms with Crippen molar-refractivity contribution in [1.82, 2.24) is 15.1 Å². The number of aryl methyl sites for hydroxylation is 1. The Hall–Kier alpha value is -2.90. The monoisotopic (exact) mass is 497 g/mol. The van der Waals surface area contributed by atoms with Crippen LogP contribution in [-0.4, -0.2) is 65.0 Å². The average molecular weight is 498 g/mol. The largest absolute Gasteiger partial charge is 0.353 e. The van der Waals surface area contributed by atoms with Crippen LogP contribution in [0.4, 0.5) is 0 Å². The van der Waals surface area contributed by atoms with Crippen LogP contribution in [0.3, 0.4) is 0 Å². The predicted octanol–water partition coefficient (Wildman–Crippen LogP) is 4.04. The fourth-order valence-corrected chi connectivity index (χ4v) is 4.91. The second-order valence-electron chi connectivity index (χ2n) is 9.38. The number of carbonyl (C=O) groups is 3. The SMILES string of the molecule is CC[C@@H](C)NC(=O)[C@@H]1COC2(CCN(C(=O)c3ccc(Cl)cc3)CC2)N1C(=O)c1ccccc1C. The molecular formula is C27H32ClN3O4. The smallest absolute Gasteiger partial charge is 0.257 e. The molecule has 0 aliphatic carbocycles. The lowest BCUT2D eigenvalue weighted by Gasteiger charge is -2.44. The van der Waals surface area contributed by atoms with Gasteiger partial charge in [0.25, 0.3) is 11.8 Å². The van der Waals surface area contributed by atoms with Crippen molar-refractivity contribution in [2.75, 3.05) is 19.7 Å². The summed E-state index contributed by atoms with van der Waals surface area (Å²) in [5, 5.41) is 3.58. The Kier molecular flexibility index (Phi) is 7.47. The number of ether oxygens (including phenoxy) is 1. The van der Waals surface area contributed by atoms with E-state index in [0.29, 0.717) is 42.1 Å². The lowest BCUT2D eigenvalue weighted by atomic mass is 9.95. The summed E-state index contributed by atoms with van der Waals surface area (Å²) in [4.78, 5) is 43.5. The summed E-state index contributed by atoms with van der Waals surface area (Å²) < 4.78 is 6.26. The molecule has 7 nitrogen and oxygen atoms in total. The van der Waals surface area contributed by atoms with Crippen LogP contribution in [-0.2, 0) is 9.53 Å². The van der Waals surface area contributed by atoms with Gasteiger partial charge in [0.2, 0.25) is 5.91 Å². The molecule has 1 spiro atoms. The van der Waals surface area contributed by atoms with Crippen LogP contribution in [0.1, 0.15) is 59.4 Å². The Morgan fingerprint density at radius 3 is 2.37 bits per heavy atom. The van der Waals surface area contributed by atoms with E-state index in [-0.39, 0.29) is 30.4 Å². The number of likely N-dealkylation sites (tertiary alicyclic amines) is 1. The molecule has 0 unspecified atom stereocenters. The Balaban J connectivity index is 1.58. The number of hydrogen-bond acceptors (Lipinski definition) is 4. The fraction of sp³-hybridized carbons (Fsp3) is 0.444. The van der Waals surface area contributed by atoms with Crippen molar-refractivity contribution in [1.29, 1.82) is 0 Å². The van der Waals surface area contributed by atoms with Gasteiger partial charge in [-0.25, -0.2) is 0 Å². The summed E-state index contributed by atoms with van der Waals surface area (Å²) in [5.74, 6) is -0.516. The van der Waals surface area contributed by atoms with Crippen LogP contribution >= 0.6 is 11.6 Å². The molecule has 35 heavy (non-hydrogen) atoms. The number of carbonyl (C=O) groups excluding carboxylic acids is 3. The molecule has 2 atom stereocenters. The second-order valence-corrected chi connectivity index (χ2v) is 9.82. The van der Waals surface area contributed by atoms with Crippen LogP contribution in [0, 0.1) is 6.92 Å². The van der Waals surface area contributed by atoms with Crippen LogP contribution < -0.4 is 5.32 Å². The summed E-state index contributed by atoms with van der Waals surface area (Å²) in [6, 6.07) is 13.5. The van der Waals surface area contributed by atoms with E-state index in [4.69, 9.17) is 16.3 Å². The van der Waals surface area contributed by atoms with Gasteiger partial charge in [-0.3, -0.25) is 19.3 Å². The third-order valence-corrected chi connectivity index (χ3v) is 7.33. The number of piperidine rings is 1. The van der Waals surface area contributed by atoms with Crippen molar-refractivity contribution in [3.8, 4) is 0 Å². The van der Waals surface area contributed by atoms with Gasteiger partial charge in [-0.1, -0.05) is 36.7 Å². The summed E-state index contributed by atoms with van der Waals surface area (Å²) in [6.45, 7) is 6.79. The zero-order chi connectivity index (χ0) is 25.2. The van der Waals surface area contributed by atoms with Crippen LogP contribution in [0.25, 0.3) is 0 Å². The highest BCUT2D eigenvalue weighted by atomic mass is 35.5. The molecule has 3 amide bonds. The molecule has 186 valence electrons. The topological polar surface area (TPSA) is 79.0 Å². The zero-order valence-electron chi connectivity index (χ0n) is 20.4. The van der Waals surface area contributed by atoms with E-state index < -0.39 is 11.8 Å². The Labute approximate surface area is 211 Å². The fourth-order valence-electron chi connectivity index (χ4n) is 4.78. The van der Waals surface area contributed by atoms with E-state index in [1.54, 1.807) is 40.1 Å². The highest BCUT2D eigenvalue weighted by Crippen LogP contribution is 2.39. The number of hydrogen-bond donors (Lipinski definition) is 1. The molecule has 0 aromatic heterocycles. The molecule has 4 rings (SSSR count). The van der Waals surface area contributed by atoms with Crippen molar-refractivity contribution in [2.24, 2.45) is 0 Å². The maximum absolute atomic E-state index is 13.9. The number of amides is 3. The van der Waals surface area contributed by atoms with Gasteiger partial charge in [0.15, 0.2) is 0 Å². The average Bonchev–Trinajstić information content (AvgIpc) is 3.23. The minimum absolute atomic E-state index is 0.00620. The van der Waals surface area contributed by atoms with E-state index in [1.807, 2.05) is 39.0 Å². The van der Waals surface area contributed by atoms with Crippen LogP contribution in [0.5, 0.6) is 0 Å². The standard InChI is InChI=1S/C27H32ClN3O4/c1-4-19(3)29-24(32)23-17-35-27(31(23)26(34)22-8-6-5-7-18(22)2)13-15-30(16-14-27)25(33)20-9-11-21(28)12-10-20/h5-12,19,23H,4,13-17H2,1-3H3,(H,29,32)/t19-,23+/m1/s1. The van der Waals surface area contributed by atoms with Crippen molar-refractivity contribution in [3.05, 3.63) is 70.2 Å². The molecule has 0 radical (unpaired) electrons. The molecule has 8 heteroatoms. The lowest BCUT2D eigenvalue weighted by molar-refractivity contribution is -0.128. The number of nitrogens with one attached hydrogen (secondary N) is 1. The first-order valence-electron chi connectivity index (χ1n) is 12.1. The number of nitrogens with zero attached hydrogens (tertiary/aromatic N) is 2. The highest BCUT2D eigenvalue weighted by Gasteiger charge is 2.54. The van der Waals surface area contributed by atoms with E-state index in [9.17, 15) is 14.4 Å². The minimum atomic E-state index is -0.937. The molecule has 2 aliphatic rings. The summed E-state index contributed by atoms with van der Waals surface area (Å²) in [5.41, 5.74) is 1.03. The highest BCUT2D eigenvalue weighted by molar-refractivity contribution is 6.30. The van der Waals surface area contributed by atoms with E-state index in [1.165, 1.54) is 0 Å². The number of halogens is 1. The Morgan fingerprint density at radius 1 is 1.09 bits per heavy atom. The van der Waals surface area contributed by atoms with Crippen molar-refractivity contribution >= 4 is 29.3 Å². The van der Waals surface area contributed by atoms with Crippen LogP contribution in [0.15, 0.2) is 48.5 Å². The first-order valence-corrected chi connectivity index (χ1v) is 12.5. The zero-order valence-corrected chi connectivity index (χ0v) is 21.2. The Bertz CT molecular complexity index is 1100. The summed E-state index contributed by atoms with van der Waals surface area (Å²) >= 11 is 5.96. The van der Waals surface area contributed by atoms with Gasteiger partial charge < -0.3 is 15.0 Å². The van der Waals surface area contributed by atoms with Gasteiger partial charge in [0.05, 0.1) is 6.61 Å². The molecule has 2 fully saturated rings. The maximum Gasteiger partial charge on any atom is 0.257 e. The molecule has 0 saturated carbocycles. The third-order valence-electron chi connectivity index (χ3n) is 7.08. The maximum atomic E-state index is 13.9. The normalized spacial score (nSPS) is 20.1. The first-order chi connectivity index (χ1) is 16.8.